The van der Waals surface area contributed by atoms with E-state index < -0.39 is 56.0 Å². The lowest BCUT2D eigenvalue weighted by atomic mass is 10.3. The van der Waals surface area contributed by atoms with E-state index >= 15 is 0 Å². The maximum absolute atomic E-state index is 11.5. The molecule has 2 saturated heterocycles. The summed E-state index contributed by atoms with van der Waals surface area (Å²) in [5.74, 6) is -3.26. The van der Waals surface area contributed by atoms with Crippen LogP contribution >= 0.6 is 0 Å². The summed E-state index contributed by atoms with van der Waals surface area (Å²) in [7, 11) is 0. The van der Waals surface area contributed by atoms with Crippen LogP contribution in [0, 0.1) is 0 Å². The van der Waals surface area contributed by atoms with Gasteiger partial charge >= 0.3 is 11.9 Å². The maximum atomic E-state index is 11.5. The monoisotopic (exact) mass is 393 g/mol. The number of aliphatic hydroxyl groups excluding tert-OH is 4. The van der Waals surface area contributed by atoms with Crippen LogP contribution in [0.25, 0.3) is 0 Å². The van der Waals surface area contributed by atoms with Crippen molar-refractivity contribution in [3.8, 4) is 0 Å². The molecule has 0 amide bonds. The number of ether oxygens (including phenoxy) is 5. The molecule has 6 atom stereocenters. The highest BCUT2D eigenvalue weighted by Gasteiger charge is 2.70. The third-order valence-corrected chi connectivity index (χ3v) is 3.64. The van der Waals surface area contributed by atoms with Gasteiger partial charge in [0.05, 0.1) is 13.2 Å². The van der Waals surface area contributed by atoms with E-state index in [-0.39, 0.29) is 25.3 Å². The Kier molecular flexibility index (Phi) is 7.25. The summed E-state index contributed by atoms with van der Waals surface area (Å²) < 4.78 is 25.4. The van der Waals surface area contributed by atoms with E-state index in [1.807, 2.05) is 0 Å². The summed E-state index contributed by atoms with van der Waals surface area (Å²) in [4.78, 5) is 23.9. The standard InChI is InChI=1S/C15H23NO11/c1-8(2)13(21)24-7-9(19)6-23-11(4-17)26-15-14(22)16(15)3-10(20)25-12(5-18)27-15/h9,11-12,14,17-19,22H,1,3-7H2,2H3. The molecule has 2 aliphatic heterocycles. The maximum Gasteiger partial charge on any atom is 0.333 e. The van der Waals surface area contributed by atoms with E-state index in [1.54, 1.807) is 0 Å². The lowest BCUT2D eigenvalue weighted by molar-refractivity contribution is -0.331. The predicted molar refractivity (Wildman–Crippen MR) is 83.2 cm³/mol. The largest absolute Gasteiger partial charge is 0.460 e. The molecule has 4 N–H and O–H groups in total. The lowest BCUT2D eigenvalue weighted by Gasteiger charge is -2.25. The molecule has 2 aliphatic rings. The number of nitrogens with zero attached hydrogens (tertiary/aromatic N) is 1. The Morgan fingerprint density at radius 1 is 1.44 bits per heavy atom. The number of aliphatic hydroxyl groups is 4. The molecular formula is C15H23NO11. The number of fused-ring (bicyclic) bond motifs is 1. The van der Waals surface area contributed by atoms with Crippen molar-refractivity contribution in [2.24, 2.45) is 0 Å². The van der Waals surface area contributed by atoms with Crippen molar-refractivity contribution < 1.29 is 53.7 Å². The van der Waals surface area contributed by atoms with Gasteiger partial charge in [-0.3, -0.25) is 9.53 Å². The summed E-state index contributed by atoms with van der Waals surface area (Å²) in [5.41, 5.74) is 0.169. The Bertz CT molecular complexity index is 570. The molecule has 0 aromatic heterocycles. The smallest absolute Gasteiger partial charge is 0.333 e. The molecule has 6 unspecified atom stereocenters. The van der Waals surface area contributed by atoms with Gasteiger partial charge in [0.1, 0.15) is 25.9 Å². The van der Waals surface area contributed by atoms with Crippen LogP contribution in [0.2, 0.25) is 0 Å². The van der Waals surface area contributed by atoms with Crippen LogP contribution in [0.4, 0.5) is 0 Å². The van der Waals surface area contributed by atoms with Crippen LogP contribution in [0.1, 0.15) is 6.92 Å². The molecule has 0 saturated carbocycles. The molecule has 2 heterocycles. The van der Waals surface area contributed by atoms with Crippen LogP contribution in [0.3, 0.4) is 0 Å². The molecule has 2 rings (SSSR count). The number of carbonyl (C=O) groups excluding carboxylic acids is 2. The molecular weight excluding hydrogens is 370 g/mol. The van der Waals surface area contributed by atoms with E-state index in [0.717, 1.165) is 4.90 Å². The fourth-order valence-electron chi connectivity index (χ4n) is 2.25. The molecule has 2 fully saturated rings. The first kappa shape index (κ1) is 21.7. The van der Waals surface area contributed by atoms with Crippen molar-refractivity contribution in [2.45, 2.75) is 37.7 Å². The summed E-state index contributed by atoms with van der Waals surface area (Å²) >= 11 is 0. The first-order chi connectivity index (χ1) is 12.7. The Hall–Kier alpha value is -1.64. The van der Waals surface area contributed by atoms with Gasteiger partial charge in [0.2, 0.25) is 6.29 Å². The Morgan fingerprint density at radius 2 is 2.15 bits per heavy atom. The molecule has 154 valence electrons. The minimum atomic E-state index is -1.84. The quantitative estimate of drug-likeness (QED) is 0.129. The molecule has 0 aliphatic carbocycles. The second kappa shape index (κ2) is 9.03. The molecule has 0 bridgehead atoms. The first-order valence-electron chi connectivity index (χ1n) is 8.07. The zero-order valence-electron chi connectivity index (χ0n) is 14.6. The van der Waals surface area contributed by atoms with Crippen LogP contribution in [0.5, 0.6) is 0 Å². The predicted octanol–water partition coefficient (Wildman–Crippen LogP) is -3.00. The van der Waals surface area contributed by atoms with Crippen LogP contribution < -0.4 is 0 Å². The van der Waals surface area contributed by atoms with Gasteiger partial charge in [0, 0.05) is 5.57 Å². The summed E-state index contributed by atoms with van der Waals surface area (Å²) in [6.45, 7) is 2.39. The van der Waals surface area contributed by atoms with E-state index in [9.17, 15) is 24.9 Å². The molecule has 0 spiro atoms. The second-order valence-electron chi connectivity index (χ2n) is 5.95. The number of carbonyl (C=O) groups is 2. The summed E-state index contributed by atoms with van der Waals surface area (Å²) in [6, 6.07) is 0. The zero-order valence-corrected chi connectivity index (χ0v) is 14.6. The number of cyclic esters (lactones) is 1. The number of hydrogen-bond donors (Lipinski definition) is 4. The highest BCUT2D eigenvalue weighted by atomic mass is 16.9. The Morgan fingerprint density at radius 3 is 2.74 bits per heavy atom. The van der Waals surface area contributed by atoms with E-state index in [0.29, 0.717) is 0 Å². The van der Waals surface area contributed by atoms with Gasteiger partial charge in [-0.05, 0) is 6.92 Å². The SMILES string of the molecule is C=C(C)C(=O)OCC(O)COC(CO)OC12OC(CO)OC(=O)CN1C2O. The van der Waals surface area contributed by atoms with Crippen LogP contribution in [0.15, 0.2) is 12.2 Å². The van der Waals surface area contributed by atoms with E-state index in [4.69, 9.17) is 28.8 Å². The molecule has 0 radical (unpaired) electrons. The lowest BCUT2D eigenvalue weighted by Crippen LogP contribution is -2.40. The van der Waals surface area contributed by atoms with E-state index in [1.165, 1.54) is 6.92 Å². The van der Waals surface area contributed by atoms with Crippen molar-refractivity contribution >= 4 is 11.9 Å². The Labute approximate surface area is 154 Å². The highest BCUT2D eigenvalue weighted by Crippen LogP contribution is 2.45. The third kappa shape index (κ3) is 5.21. The van der Waals surface area contributed by atoms with Gasteiger partial charge < -0.3 is 39.4 Å². The van der Waals surface area contributed by atoms with Crippen molar-refractivity contribution in [1.29, 1.82) is 0 Å². The minimum Gasteiger partial charge on any atom is -0.460 e. The normalized spacial score (nSPS) is 31.9. The zero-order chi connectivity index (χ0) is 20.2. The van der Waals surface area contributed by atoms with Gasteiger partial charge in [-0.2, -0.15) is 0 Å². The summed E-state index contributed by atoms with van der Waals surface area (Å²) in [6.07, 6.45) is -5.29. The number of rotatable bonds is 10. The third-order valence-electron chi connectivity index (χ3n) is 3.64. The van der Waals surface area contributed by atoms with Gasteiger partial charge in [0.15, 0.2) is 12.5 Å². The van der Waals surface area contributed by atoms with Crippen LogP contribution in [-0.4, -0.2) is 101 Å². The summed E-state index contributed by atoms with van der Waals surface area (Å²) in [5, 5.41) is 38.3. The average Bonchev–Trinajstić information content (AvgIpc) is 3.20. The molecule has 12 nitrogen and oxygen atoms in total. The van der Waals surface area contributed by atoms with Gasteiger partial charge in [-0.1, -0.05) is 6.58 Å². The molecule has 0 aromatic rings. The molecule has 0 aromatic carbocycles. The molecule has 12 heteroatoms. The van der Waals surface area contributed by atoms with Crippen molar-refractivity contribution in [1.82, 2.24) is 4.90 Å². The highest BCUT2D eigenvalue weighted by molar-refractivity contribution is 5.86. The van der Waals surface area contributed by atoms with E-state index in [2.05, 4.69) is 6.58 Å². The number of esters is 2. The van der Waals surface area contributed by atoms with Crippen molar-refractivity contribution in [3.05, 3.63) is 12.2 Å². The van der Waals surface area contributed by atoms with Crippen LogP contribution in [-0.2, 0) is 33.3 Å². The minimum absolute atomic E-state index is 0.169. The van der Waals surface area contributed by atoms with Gasteiger partial charge in [-0.25, -0.2) is 9.69 Å². The van der Waals surface area contributed by atoms with Gasteiger partial charge in [-0.15, -0.1) is 0 Å². The topological polar surface area (TPSA) is 164 Å². The first-order valence-corrected chi connectivity index (χ1v) is 8.07. The second-order valence-corrected chi connectivity index (χ2v) is 5.95. The average molecular weight is 393 g/mol. The Balaban J connectivity index is 1.87. The fraction of sp³-hybridized carbons (Fsp3) is 0.733. The molecule has 27 heavy (non-hydrogen) atoms. The van der Waals surface area contributed by atoms with Crippen molar-refractivity contribution in [2.75, 3.05) is 33.0 Å². The van der Waals surface area contributed by atoms with Gasteiger partial charge in [0.25, 0.3) is 5.91 Å². The van der Waals surface area contributed by atoms with Crippen molar-refractivity contribution in [3.63, 3.8) is 0 Å². The number of hydrogen-bond acceptors (Lipinski definition) is 12. The fourth-order valence-corrected chi connectivity index (χ4v) is 2.25.